The van der Waals surface area contributed by atoms with Gasteiger partial charge in [0.05, 0.1) is 12.2 Å². The number of benzene rings is 2. The van der Waals surface area contributed by atoms with E-state index >= 15 is 0 Å². The summed E-state index contributed by atoms with van der Waals surface area (Å²) >= 11 is 0. The van der Waals surface area contributed by atoms with E-state index in [0.29, 0.717) is 11.3 Å². The Morgan fingerprint density at radius 1 is 1.07 bits per heavy atom. The minimum Gasteiger partial charge on any atom is -0.406 e. The van der Waals surface area contributed by atoms with Crippen molar-refractivity contribution in [1.82, 2.24) is 24.5 Å². The van der Waals surface area contributed by atoms with Gasteiger partial charge in [-0.3, -0.25) is 9.36 Å². The summed E-state index contributed by atoms with van der Waals surface area (Å²) in [7, 11) is 0. The average Bonchev–Trinajstić information content (AvgIpc) is 3.08. The van der Waals surface area contributed by atoms with E-state index in [2.05, 4.69) is 20.0 Å². The van der Waals surface area contributed by atoms with Gasteiger partial charge in [0.15, 0.2) is 11.2 Å². The van der Waals surface area contributed by atoms with Gasteiger partial charge in [-0.25, -0.2) is 9.37 Å². The van der Waals surface area contributed by atoms with Crippen LogP contribution in [-0.2, 0) is 6.54 Å². The van der Waals surface area contributed by atoms with E-state index in [0.717, 1.165) is 12.1 Å². The Kier molecular flexibility index (Phi) is 4.49. The molecule has 0 aliphatic heterocycles. The molecule has 2 aromatic carbocycles. The summed E-state index contributed by atoms with van der Waals surface area (Å²) in [4.78, 5) is 16.8. The van der Waals surface area contributed by atoms with Crippen LogP contribution >= 0.6 is 0 Å². The summed E-state index contributed by atoms with van der Waals surface area (Å²) in [6.07, 6.45) is -3.52. The first-order valence-corrected chi connectivity index (χ1v) is 8.22. The number of ether oxygens (including phenoxy) is 1. The smallest absolute Gasteiger partial charge is 0.406 e. The van der Waals surface area contributed by atoms with Crippen molar-refractivity contribution < 1.29 is 22.3 Å². The number of nitrogens with zero attached hydrogens (tertiary/aromatic N) is 5. The number of hydrogen-bond donors (Lipinski definition) is 0. The highest BCUT2D eigenvalue weighted by atomic mass is 19.4. The van der Waals surface area contributed by atoms with E-state index < -0.39 is 23.5 Å². The fourth-order valence-electron chi connectivity index (χ4n) is 2.75. The van der Waals surface area contributed by atoms with Crippen LogP contribution in [0.15, 0.2) is 59.7 Å². The molecule has 0 unspecified atom stereocenters. The van der Waals surface area contributed by atoms with Crippen LogP contribution in [0, 0.1) is 5.82 Å². The molecule has 11 heteroatoms. The molecule has 0 aliphatic carbocycles. The maximum Gasteiger partial charge on any atom is 0.573 e. The van der Waals surface area contributed by atoms with Crippen molar-refractivity contribution in [2.24, 2.45) is 0 Å². The van der Waals surface area contributed by atoms with Crippen molar-refractivity contribution in [2.45, 2.75) is 12.9 Å². The van der Waals surface area contributed by atoms with Gasteiger partial charge in [0.25, 0.3) is 5.56 Å². The molecule has 148 valence electrons. The summed E-state index contributed by atoms with van der Waals surface area (Å²) < 4.78 is 56.4. The number of rotatable bonds is 4. The Bertz CT molecular complexity index is 1230. The number of fused-ring (bicyclic) bond motifs is 1. The molecule has 7 nitrogen and oxygen atoms in total. The van der Waals surface area contributed by atoms with Crippen LogP contribution in [0.5, 0.6) is 5.75 Å². The van der Waals surface area contributed by atoms with Crippen LogP contribution in [0.1, 0.15) is 5.56 Å². The molecule has 0 bridgehead atoms. The molecule has 29 heavy (non-hydrogen) atoms. The summed E-state index contributed by atoms with van der Waals surface area (Å²) in [6, 6.07) is 10.7. The number of aromatic nitrogens is 5. The lowest BCUT2D eigenvalue weighted by Gasteiger charge is -2.09. The van der Waals surface area contributed by atoms with E-state index in [9.17, 15) is 22.4 Å². The molecule has 0 fully saturated rings. The molecule has 4 rings (SSSR count). The van der Waals surface area contributed by atoms with Gasteiger partial charge in [0.2, 0.25) is 0 Å². The second-order valence-corrected chi connectivity index (χ2v) is 6.02. The Hall–Kier alpha value is -3.76. The van der Waals surface area contributed by atoms with Crippen molar-refractivity contribution in [1.29, 1.82) is 0 Å². The molecule has 0 spiro atoms. The van der Waals surface area contributed by atoms with Crippen molar-refractivity contribution in [2.75, 3.05) is 0 Å². The largest absolute Gasteiger partial charge is 0.573 e. The third-order valence-corrected chi connectivity index (χ3v) is 3.99. The van der Waals surface area contributed by atoms with Gasteiger partial charge in [-0.05, 0) is 42.0 Å². The predicted molar refractivity (Wildman–Crippen MR) is 93.1 cm³/mol. The van der Waals surface area contributed by atoms with E-state index in [4.69, 9.17) is 0 Å². The van der Waals surface area contributed by atoms with Crippen LogP contribution in [0.25, 0.3) is 16.9 Å². The Balaban J connectivity index is 1.66. The van der Waals surface area contributed by atoms with Crippen molar-refractivity contribution in [3.63, 3.8) is 0 Å². The maximum atomic E-state index is 13.3. The highest BCUT2D eigenvalue weighted by molar-refractivity contribution is 5.70. The third-order valence-electron chi connectivity index (χ3n) is 3.99. The first kappa shape index (κ1) is 18.6. The topological polar surface area (TPSA) is 74.8 Å². The number of alkyl halides is 3. The zero-order valence-electron chi connectivity index (χ0n) is 14.5. The van der Waals surface area contributed by atoms with Crippen molar-refractivity contribution in [3.8, 4) is 11.4 Å². The summed E-state index contributed by atoms with van der Waals surface area (Å²) in [5, 5.41) is 7.69. The SMILES string of the molecule is O=c1c2nnn(-c3ccc(OC(F)(F)F)cc3)c2ncn1Cc1cccc(F)c1. The molecule has 2 heterocycles. The summed E-state index contributed by atoms with van der Waals surface area (Å²) in [5.74, 6) is -0.815. The molecule has 0 saturated heterocycles. The Morgan fingerprint density at radius 2 is 1.83 bits per heavy atom. The number of halogens is 4. The summed E-state index contributed by atoms with van der Waals surface area (Å²) in [5.41, 5.74) is 0.537. The lowest BCUT2D eigenvalue weighted by Crippen LogP contribution is -2.21. The first-order chi connectivity index (χ1) is 13.8. The zero-order valence-corrected chi connectivity index (χ0v) is 14.5. The van der Waals surface area contributed by atoms with Crippen LogP contribution in [0.4, 0.5) is 17.6 Å². The van der Waals surface area contributed by atoms with Gasteiger partial charge in [0.1, 0.15) is 17.9 Å². The molecule has 0 atom stereocenters. The van der Waals surface area contributed by atoms with Gasteiger partial charge in [-0.15, -0.1) is 18.3 Å². The fourth-order valence-corrected chi connectivity index (χ4v) is 2.75. The van der Waals surface area contributed by atoms with Crippen LogP contribution < -0.4 is 10.3 Å². The van der Waals surface area contributed by atoms with Gasteiger partial charge in [-0.2, -0.15) is 4.68 Å². The van der Waals surface area contributed by atoms with Gasteiger partial charge < -0.3 is 4.74 Å². The standard InChI is InChI=1S/C18H11F4N5O2/c19-12-3-1-2-11(8-12)9-26-10-23-16-15(17(26)28)24-25-27(16)13-4-6-14(7-5-13)29-18(20,21)22/h1-8,10H,9H2. The van der Waals surface area contributed by atoms with E-state index in [-0.39, 0.29) is 17.7 Å². The van der Waals surface area contributed by atoms with E-state index in [1.807, 2.05) is 0 Å². The molecular weight excluding hydrogens is 394 g/mol. The van der Waals surface area contributed by atoms with Crippen LogP contribution in [0.2, 0.25) is 0 Å². The zero-order chi connectivity index (χ0) is 20.6. The molecule has 0 radical (unpaired) electrons. The van der Waals surface area contributed by atoms with Crippen LogP contribution in [-0.4, -0.2) is 30.9 Å². The van der Waals surface area contributed by atoms with Crippen molar-refractivity contribution in [3.05, 3.63) is 76.6 Å². The van der Waals surface area contributed by atoms with Gasteiger partial charge in [0, 0.05) is 0 Å². The lowest BCUT2D eigenvalue weighted by atomic mass is 10.2. The maximum absolute atomic E-state index is 13.3. The molecule has 0 amide bonds. The third kappa shape index (κ3) is 3.93. The second kappa shape index (κ2) is 7.00. The molecular formula is C18H11F4N5O2. The molecule has 0 aliphatic rings. The fraction of sp³-hybridized carbons (Fsp3) is 0.111. The molecule has 2 aromatic heterocycles. The quantitative estimate of drug-likeness (QED) is 0.488. The number of hydrogen-bond acceptors (Lipinski definition) is 5. The predicted octanol–water partition coefficient (Wildman–Crippen LogP) is 3.06. The Labute approximate surface area is 159 Å². The van der Waals surface area contributed by atoms with E-state index in [1.165, 1.54) is 45.9 Å². The van der Waals surface area contributed by atoms with Crippen molar-refractivity contribution >= 4 is 11.2 Å². The first-order valence-electron chi connectivity index (χ1n) is 8.22. The second-order valence-electron chi connectivity index (χ2n) is 6.02. The molecule has 0 saturated carbocycles. The highest BCUT2D eigenvalue weighted by Gasteiger charge is 2.31. The average molecular weight is 405 g/mol. The molecule has 4 aromatic rings. The molecule has 0 N–H and O–H groups in total. The van der Waals surface area contributed by atoms with Crippen LogP contribution in [0.3, 0.4) is 0 Å². The normalized spacial score (nSPS) is 11.7. The Morgan fingerprint density at radius 3 is 2.52 bits per heavy atom. The van der Waals surface area contributed by atoms with Gasteiger partial charge in [-0.1, -0.05) is 17.3 Å². The minimum atomic E-state index is -4.80. The van der Waals surface area contributed by atoms with E-state index in [1.54, 1.807) is 6.07 Å². The minimum absolute atomic E-state index is 0.0282. The summed E-state index contributed by atoms with van der Waals surface area (Å²) in [6.45, 7) is 0.0931. The van der Waals surface area contributed by atoms with Gasteiger partial charge >= 0.3 is 6.36 Å². The monoisotopic (exact) mass is 405 g/mol. The lowest BCUT2D eigenvalue weighted by molar-refractivity contribution is -0.274. The highest BCUT2D eigenvalue weighted by Crippen LogP contribution is 2.24.